The number of pyridine rings is 1. The maximum absolute atomic E-state index is 11.0. The third kappa shape index (κ3) is 2.05. The minimum atomic E-state index is -1.01. The first-order chi connectivity index (χ1) is 8.00. The number of carboxylic acid groups (broad SMARTS) is 1. The lowest BCUT2D eigenvalue weighted by atomic mass is 10.0. The van der Waals surface area contributed by atoms with E-state index >= 15 is 0 Å². The van der Waals surface area contributed by atoms with Gasteiger partial charge in [-0.3, -0.25) is 0 Å². The summed E-state index contributed by atoms with van der Waals surface area (Å²) in [6.45, 7) is 6.12. The van der Waals surface area contributed by atoms with E-state index in [1.54, 1.807) is 0 Å². The van der Waals surface area contributed by atoms with Crippen molar-refractivity contribution in [2.24, 2.45) is 11.8 Å². The molecule has 92 valence electrons. The lowest BCUT2D eigenvalue weighted by Crippen LogP contribution is -2.23. The number of aromatic nitrogens is 1. The van der Waals surface area contributed by atoms with Crippen molar-refractivity contribution in [1.29, 1.82) is 0 Å². The van der Waals surface area contributed by atoms with E-state index in [1.807, 2.05) is 0 Å². The first kappa shape index (κ1) is 11.7. The highest BCUT2D eigenvalue weighted by Crippen LogP contribution is 2.31. The van der Waals surface area contributed by atoms with Crippen molar-refractivity contribution in [2.45, 2.75) is 13.8 Å². The van der Waals surface area contributed by atoms with Crippen LogP contribution in [0.1, 0.15) is 24.2 Å². The summed E-state index contributed by atoms with van der Waals surface area (Å²) < 4.78 is 0. The Hall–Kier alpha value is -1.78. The quantitative estimate of drug-likeness (QED) is 0.811. The number of hydrogen-bond donors (Lipinski definition) is 2. The molecular formula is C12H17N3O2. The Balaban J connectivity index is 2.34. The van der Waals surface area contributed by atoms with Crippen LogP contribution in [-0.4, -0.2) is 29.1 Å². The van der Waals surface area contributed by atoms with E-state index in [1.165, 1.54) is 12.3 Å². The van der Waals surface area contributed by atoms with Gasteiger partial charge in [-0.05, 0) is 17.9 Å². The van der Waals surface area contributed by atoms with Crippen molar-refractivity contribution in [1.82, 2.24) is 4.98 Å². The number of nitrogen functional groups attached to an aromatic ring is 1. The Bertz CT molecular complexity index is 437. The van der Waals surface area contributed by atoms with E-state index < -0.39 is 5.97 Å². The summed E-state index contributed by atoms with van der Waals surface area (Å²) in [6, 6.07) is 1.43. The maximum Gasteiger partial charge on any atom is 0.337 e. The zero-order chi connectivity index (χ0) is 12.6. The zero-order valence-corrected chi connectivity index (χ0v) is 10.1. The molecule has 0 aliphatic carbocycles. The molecule has 2 atom stereocenters. The molecule has 0 bridgehead atoms. The summed E-state index contributed by atoms with van der Waals surface area (Å²) in [7, 11) is 0. The van der Waals surface area contributed by atoms with E-state index in [-0.39, 0.29) is 11.3 Å². The first-order valence-corrected chi connectivity index (χ1v) is 5.73. The lowest BCUT2D eigenvalue weighted by molar-refractivity contribution is 0.0698. The van der Waals surface area contributed by atoms with Crippen LogP contribution >= 0.6 is 0 Å². The van der Waals surface area contributed by atoms with Crippen LogP contribution in [0.15, 0.2) is 12.3 Å². The predicted molar refractivity (Wildman–Crippen MR) is 66.1 cm³/mol. The molecule has 3 N–H and O–H groups in total. The molecule has 0 radical (unpaired) electrons. The summed E-state index contributed by atoms with van der Waals surface area (Å²) >= 11 is 0. The fourth-order valence-electron chi connectivity index (χ4n) is 2.20. The Morgan fingerprint density at radius 3 is 2.59 bits per heavy atom. The molecule has 5 heteroatoms. The number of carboxylic acids is 1. The van der Waals surface area contributed by atoms with Crippen molar-refractivity contribution in [3.8, 4) is 0 Å². The lowest BCUT2D eigenvalue weighted by Gasteiger charge is -2.19. The molecule has 1 fully saturated rings. The monoisotopic (exact) mass is 235 g/mol. The van der Waals surface area contributed by atoms with Gasteiger partial charge in [-0.2, -0.15) is 0 Å². The highest BCUT2D eigenvalue weighted by Gasteiger charge is 2.28. The summed E-state index contributed by atoms with van der Waals surface area (Å²) in [5.41, 5.74) is 6.26. The predicted octanol–water partition coefficient (Wildman–Crippen LogP) is 1.45. The van der Waals surface area contributed by atoms with E-state index in [0.717, 1.165) is 13.1 Å². The molecule has 1 aromatic rings. The van der Waals surface area contributed by atoms with Crippen molar-refractivity contribution < 1.29 is 9.90 Å². The molecule has 1 aromatic heterocycles. The van der Waals surface area contributed by atoms with Crippen molar-refractivity contribution in [3.63, 3.8) is 0 Å². The first-order valence-electron chi connectivity index (χ1n) is 5.73. The largest absolute Gasteiger partial charge is 0.478 e. The van der Waals surface area contributed by atoms with Gasteiger partial charge in [-0.25, -0.2) is 9.78 Å². The molecule has 2 unspecified atom stereocenters. The number of rotatable bonds is 2. The molecule has 1 aliphatic heterocycles. The minimum absolute atomic E-state index is 0.127. The Labute approximate surface area is 100 Å². The van der Waals surface area contributed by atoms with Crippen LogP contribution in [0.3, 0.4) is 0 Å². The van der Waals surface area contributed by atoms with Crippen LogP contribution < -0.4 is 10.6 Å². The summed E-state index contributed by atoms with van der Waals surface area (Å²) in [5, 5.41) is 9.01. The minimum Gasteiger partial charge on any atom is -0.478 e. The highest BCUT2D eigenvalue weighted by molar-refractivity contribution is 5.96. The summed E-state index contributed by atoms with van der Waals surface area (Å²) in [6.07, 6.45) is 1.50. The number of anilines is 2. The van der Waals surface area contributed by atoms with Crippen LogP contribution in [0.4, 0.5) is 11.5 Å². The van der Waals surface area contributed by atoms with E-state index in [0.29, 0.717) is 17.7 Å². The smallest absolute Gasteiger partial charge is 0.337 e. The molecule has 1 aliphatic rings. The third-order valence-corrected chi connectivity index (χ3v) is 3.49. The van der Waals surface area contributed by atoms with Crippen LogP contribution in [0.5, 0.6) is 0 Å². The third-order valence-electron chi connectivity index (χ3n) is 3.49. The van der Waals surface area contributed by atoms with E-state index in [4.69, 9.17) is 10.8 Å². The SMILES string of the molecule is CC1CN(c2nccc(C(=O)O)c2N)CC1C. The number of aromatic carboxylic acids is 1. The van der Waals surface area contributed by atoms with Crippen LogP contribution in [0, 0.1) is 11.8 Å². The molecule has 17 heavy (non-hydrogen) atoms. The Morgan fingerprint density at radius 1 is 1.47 bits per heavy atom. The molecule has 0 spiro atoms. The van der Waals surface area contributed by atoms with Gasteiger partial charge in [0.1, 0.15) is 0 Å². The van der Waals surface area contributed by atoms with Crippen molar-refractivity contribution >= 4 is 17.5 Å². The molecule has 0 amide bonds. The molecule has 2 heterocycles. The number of nitrogens with zero attached hydrogens (tertiary/aromatic N) is 2. The van der Waals surface area contributed by atoms with Gasteiger partial charge in [0.15, 0.2) is 5.82 Å². The van der Waals surface area contributed by atoms with Gasteiger partial charge in [0, 0.05) is 19.3 Å². The van der Waals surface area contributed by atoms with Gasteiger partial charge in [0.2, 0.25) is 0 Å². The van der Waals surface area contributed by atoms with Gasteiger partial charge < -0.3 is 15.7 Å². The fourth-order valence-corrected chi connectivity index (χ4v) is 2.20. The number of carbonyl (C=O) groups is 1. The van der Waals surface area contributed by atoms with E-state index in [2.05, 4.69) is 23.7 Å². The second kappa shape index (κ2) is 4.24. The normalized spacial score (nSPS) is 24.0. The fraction of sp³-hybridized carbons (Fsp3) is 0.500. The van der Waals surface area contributed by atoms with Crippen molar-refractivity contribution in [3.05, 3.63) is 17.8 Å². The van der Waals surface area contributed by atoms with Gasteiger partial charge in [0.05, 0.1) is 11.3 Å². The number of nitrogens with two attached hydrogens (primary N) is 1. The van der Waals surface area contributed by atoms with Crippen LogP contribution in [0.25, 0.3) is 0 Å². The molecule has 0 aromatic carbocycles. The zero-order valence-electron chi connectivity index (χ0n) is 10.1. The average molecular weight is 235 g/mol. The van der Waals surface area contributed by atoms with E-state index in [9.17, 15) is 4.79 Å². The summed E-state index contributed by atoms with van der Waals surface area (Å²) in [4.78, 5) is 17.3. The maximum atomic E-state index is 11.0. The van der Waals surface area contributed by atoms with Gasteiger partial charge in [-0.1, -0.05) is 13.8 Å². The average Bonchev–Trinajstić information content (AvgIpc) is 2.59. The molecule has 1 saturated heterocycles. The molecule has 2 rings (SSSR count). The molecule has 0 saturated carbocycles. The van der Waals surface area contributed by atoms with Gasteiger partial charge >= 0.3 is 5.97 Å². The van der Waals surface area contributed by atoms with Gasteiger partial charge in [-0.15, -0.1) is 0 Å². The standard InChI is InChI=1S/C12H17N3O2/c1-7-5-15(6-8(7)2)11-10(13)9(12(16)17)3-4-14-11/h3-4,7-8H,5-6,13H2,1-2H3,(H,16,17). The van der Waals surface area contributed by atoms with Crippen LogP contribution in [0.2, 0.25) is 0 Å². The number of hydrogen-bond acceptors (Lipinski definition) is 4. The molecular weight excluding hydrogens is 218 g/mol. The second-order valence-corrected chi connectivity index (χ2v) is 4.76. The molecule has 5 nitrogen and oxygen atoms in total. The second-order valence-electron chi connectivity index (χ2n) is 4.76. The van der Waals surface area contributed by atoms with Crippen molar-refractivity contribution in [2.75, 3.05) is 23.7 Å². The highest BCUT2D eigenvalue weighted by atomic mass is 16.4. The topological polar surface area (TPSA) is 79.5 Å². The Kier molecular flexibility index (Phi) is 2.92. The van der Waals surface area contributed by atoms with Gasteiger partial charge in [0.25, 0.3) is 0 Å². The van der Waals surface area contributed by atoms with Crippen LogP contribution in [-0.2, 0) is 0 Å². The Morgan fingerprint density at radius 2 is 2.06 bits per heavy atom. The summed E-state index contributed by atoms with van der Waals surface area (Å²) in [5.74, 6) is 0.738.